The smallest absolute Gasteiger partial charge is 0.337 e. The number of nitrogens with one attached hydrogen (secondary N) is 1. The Bertz CT molecular complexity index is 647. The summed E-state index contributed by atoms with van der Waals surface area (Å²) in [5.74, 6) is -1.68. The second kappa shape index (κ2) is 5.16. The number of carbonyl (C=O) groups is 1. The van der Waals surface area contributed by atoms with E-state index in [0.717, 1.165) is 0 Å². The van der Waals surface area contributed by atoms with Crippen LogP contribution in [-0.4, -0.2) is 11.1 Å². The fourth-order valence-corrected chi connectivity index (χ4v) is 1.68. The Balaban J connectivity index is 2.30. The summed E-state index contributed by atoms with van der Waals surface area (Å²) in [4.78, 5) is 10.9. The maximum absolute atomic E-state index is 13.3. The van der Waals surface area contributed by atoms with Crippen molar-refractivity contribution in [1.82, 2.24) is 0 Å². The van der Waals surface area contributed by atoms with Crippen LogP contribution in [0.2, 0.25) is 5.02 Å². The van der Waals surface area contributed by atoms with Crippen molar-refractivity contribution in [3.8, 4) is 0 Å². The van der Waals surface area contributed by atoms with Crippen molar-refractivity contribution >= 4 is 34.6 Å². The molecule has 0 aliphatic heterocycles. The zero-order valence-electron chi connectivity index (χ0n) is 9.65. The Morgan fingerprint density at radius 3 is 2.47 bits per heavy atom. The molecule has 2 aromatic carbocycles. The Kier molecular flexibility index (Phi) is 3.57. The van der Waals surface area contributed by atoms with E-state index in [0.29, 0.717) is 11.4 Å². The monoisotopic (exact) mass is 280 g/mol. The number of benzene rings is 2. The molecule has 2 rings (SSSR count). The van der Waals surface area contributed by atoms with Crippen LogP contribution in [0.3, 0.4) is 0 Å². The van der Waals surface area contributed by atoms with Crippen LogP contribution in [0.25, 0.3) is 0 Å². The van der Waals surface area contributed by atoms with Gasteiger partial charge in [0.1, 0.15) is 5.82 Å². The lowest BCUT2D eigenvalue weighted by Gasteiger charge is -2.09. The average molecular weight is 281 g/mol. The topological polar surface area (TPSA) is 75.3 Å². The molecule has 0 aliphatic rings. The number of carboxylic acid groups (broad SMARTS) is 1. The van der Waals surface area contributed by atoms with E-state index in [4.69, 9.17) is 22.4 Å². The van der Waals surface area contributed by atoms with Gasteiger partial charge in [-0.05, 0) is 36.4 Å². The van der Waals surface area contributed by atoms with Crippen LogP contribution < -0.4 is 11.1 Å². The molecule has 0 spiro atoms. The molecule has 0 atom stereocenters. The Morgan fingerprint density at radius 2 is 1.84 bits per heavy atom. The summed E-state index contributed by atoms with van der Waals surface area (Å²) in [6.45, 7) is 0. The van der Waals surface area contributed by atoms with Gasteiger partial charge in [-0.1, -0.05) is 11.6 Å². The van der Waals surface area contributed by atoms with E-state index in [1.54, 1.807) is 12.1 Å². The van der Waals surface area contributed by atoms with E-state index in [1.165, 1.54) is 24.3 Å². The largest absolute Gasteiger partial charge is 0.478 e. The summed E-state index contributed by atoms with van der Waals surface area (Å²) < 4.78 is 13.3. The second-order valence-corrected chi connectivity index (χ2v) is 4.27. The highest BCUT2D eigenvalue weighted by Gasteiger charge is 2.09. The number of hydrogen-bond acceptors (Lipinski definition) is 3. The Labute approximate surface area is 113 Å². The summed E-state index contributed by atoms with van der Waals surface area (Å²) in [6.07, 6.45) is 0. The molecule has 2 aromatic rings. The molecule has 98 valence electrons. The maximum Gasteiger partial charge on any atom is 0.337 e. The molecule has 0 radical (unpaired) electrons. The van der Waals surface area contributed by atoms with Gasteiger partial charge in [-0.25, -0.2) is 9.18 Å². The Morgan fingerprint density at radius 1 is 1.21 bits per heavy atom. The number of nitrogens with two attached hydrogens (primary N) is 1. The third-order valence-electron chi connectivity index (χ3n) is 2.49. The first-order valence-electron chi connectivity index (χ1n) is 5.32. The highest BCUT2D eigenvalue weighted by atomic mass is 35.5. The first-order valence-corrected chi connectivity index (χ1v) is 5.70. The van der Waals surface area contributed by atoms with E-state index < -0.39 is 11.8 Å². The average Bonchev–Trinajstić information content (AvgIpc) is 2.36. The first kappa shape index (κ1) is 13.2. The van der Waals surface area contributed by atoms with E-state index in [1.807, 2.05) is 0 Å². The quantitative estimate of drug-likeness (QED) is 0.752. The predicted octanol–water partition coefficient (Wildman–Crippen LogP) is 3.50. The molecule has 0 amide bonds. The highest BCUT2D eigenvalue weighted by molar-refractivity contribution is 6.30. The normalized spacial score (nSPS) is 10.2. The number of halogens is 2. The third-order valence-corrected chi connectivity index (χ3v) is 2.80. The van der Waals surface area contributed by atoms with Crippen LogP contribution in [0.4, 0.5) is 21.5 Å². The summed E-state index contributed by atoms with van der Waals surface area (Å²) in [5, 5.41) is 11.9. The molecule has 4 N–H and O–H groups in total. The molecule has 0 aromatic heterocycles. The van der Waals surface area contributed by atoms with E-state index in [2.05, 4.69) is 5.32 Å². The van der Waals surface area contributed by atoms with Crippen molar-refractivity contribution in [2.24, 2.45) is 0 Å². The zero-order valence-corrected chi connectivity index (χ0v) is 10.4. The molecule has 4 nitrogen and oxygen atoms in total. The summed E-state index contributed by atoms with van der Waals surface area (Å²) in [5.41, 5.74) is 6.65. The molecule has 0 aliphatic carbocycles. The standard InChI is InChI=1S/C13H10ClFN2O2/c14-10-3-1-8(6-11(10)15)17-7-2-4-12(16)9(5-7)13(18)19/h1-6,17H,16H2,(H,18,19). The van der Waals surface area contributed by atoms with Crippen molar-refractivity contribution < 1.29 is 14.3 Å². The third kappa shape index (κ3) is 2.95. The maximum atomic E-state index is 13.3. The van der Waals surface area contributed by atoms with Crippen molar-refractivity contribution in [1.29, 1.82) is 0 Å². The number of aromatic carboxylic acids is 1. The van der Waals surface area contributed by atoms with Crippen LogP contribution in [0, 0.1) is 5.82 Å². The molecule has 6 heteroatoms. The lowest BCUT2D eigenvalue weighted by atomic mass is 10.1. The van der Waals surface area contributed by atoms with Crippen LogP contribution in [-0.2, 0) is 0 Å². The van der Waals surface area contributed by atoms with Crippen molar-refractivity contribution in [3.05, 3.63) is 52.8 Å². The van der Waals surface area contributed by atoms with Gasteiger partial charge in [0.2, 0.25) is 0 Å². The number of rotatable bonds is 3. The van der Waals surface area contributed by atoms with Gasteiger partial charge in [0.25, 0.3) is 0 Å². The number of hydrogen-bond donors (Lipinski definition) is 3. The number of nitrogen functional groups attached to an aromatic ring is 1. The van der Waals surface area contributed by atoms with Gasteiger partial charge in [0.05, 0.1) is 10.6 Å². The minimum absolute atomic E-state index is 0.0144. The number of carboxylic acids is 1. The zero-order chi connectivity index (χ0) is 14.0. The Hall–Kier alpha value is -2.27. The van der Waals surface area contributed by atoms with Crippen LogP contribution >= 0.6 is 11.6 Å². The van der Waals surface area contributed by atoms with E-state index >= 15 is 0 Å². The molecule has 0 saturated heterocycles. The summed E-state index contributed by atoms with van der Waals surface area (Å²) in [7, 11) is 0. The molecule has 0 fully saturated rings. The first-order chi connectivity index (χ1) is 8.97. The lowest BCUT2D eigenvalue weighted by molar-refractivity contribution is 0.0698. The molecule has 19 heavy (non-hydrogen) atoms. The van der Waals surface area contributed by atoms with Gasteiger partial charge in [0, 0.05) is 17.1 Å². The van der Waals surface area contributed by atoms with Gasteiger partial charge in [-0.15, -0.1) is 0 Å². The molecular weight excluding hydrogens is 271 g/mol. The fourth-order valence-electron chi connectivity index (χ4n) is 1.56. The van der Waals surface area contributed by atoms with E-state index in [9.17, 15) is 9.18 Å². The van der Waals surface area contributed by atoms with Gasteiger partial charge < -0.3 is 16.2 Å². The molecule has 0 unspecified atom stereocenters. The fraction of sp³-hybridized carbons (Fsp3) is 0. The van der Waals surface area contributed by atoms with Crippen molar-refractivity contribution in [2.75, 3.05) is 11.1 Å². The summed E-state index contributed by atoms with van der Waals surface area (Å²) in [6, 6.07) is 8.67. The molecule has 0 heterocycles. The van der Waals surface area contributed by atoms with Crippen LogP contribution in [0.5, 0.6) is 0 Å². The van der Waals surface area contributed by atoms with Crippen LogP contribution in [0.1, 0.15) is 10.4 Å². The SMILES string of the molecule is Nc1ccc(Nc2ccc(Cl)c(F)c2)cc1C(=O)O. The highest BCUT2D eigenvalue weighted by Crippen LogP contribution is 2.24. The van der Waals surface area contributed by atoms with E-state index in [-0.39, 0.29) is 16.3 Å². The molecule has 0 saturated carbocycles. The van der Waals surface area contributed by atoms with Gasteiger partial charge in [0.15, 0.2) is 0 Å². The number of anilines is 3. The summed E-state index contributed by atoms with van der Waals surface area (Å²) >= 11 is 5.57. The minimum Gasteiger partial charge on any atom is -0.478 e. The van der Waals surface area contributed by atoms with Crippen molar-refractivity contribution in [3.63, 3.8) is 0 Å². The second-order valence-electron chi connectivity index (χ2n) is 3.86. The van der Waals surface area contributed by atoms with Crippen molar-refractivity contribution in [2.45, 2.75) is 0 Å². The van der Waals surface area contributed by atoms with Gasteiger partial charge in [-0.2, -0.15) is 0 Å². The van der Waals surface area contributed by atoms with Crippen LogP contribution in [0.15, 0.2) is 36.4 Å². The van der Waals surface area contributed by atoms with Gasteiger partial charge in [-0.3, -0.25) is 0 Å². The lowest BCUT2D eigenvalue weighted by Crippen LogP contribution is -2.03. The molecular formula is C13H10ClFN2O2. The predicted molar refractivity (Wildman–Crippen MR) is 72.5 cm³/mol. The van der Waals surface area contributed by atoms with Gasteiger partial charge >= 0.3 is 5.97 Å². The molecule has 0 bridgehead atoms. The minimum atomic E-state index is -1.12.